The normalized spacial score (nSPS) is 14.1. The van der Waals surface area contributed by atoms with E-state index in [0.29, 0.717) is 6.42 Å². The van der Waals surface area contributed by atoms with Crippen molar-refractivity contribution in [2.45, 2.75) is 38.5 Å². The van der Waals surface area contributed by atoms with Crippen LogP contribution in [0.1, 0.15) is 36.0 Å². The zero-order valence-corrected chi connectivity index (χ0v) is 11.9. The highest BCUT2D eigenvalue weighted by Gasteiger charge is 2.15. The van der Waals surface area contributed by atoms with Gasteiger partial charge in [-0.05, 0) is 59.6 Å². The lowest BCUT2D eigenvalue weighted by atomic mass is 9.85. The van der Waals surface area contributed by atoms with Gasteiger partial charge in [0.15, 0.2) is 0 Å². The molecular weight excluding hydrogens is 248 g/mol. The van der Waals surface area contributed by atoms with Crippen molar-refractivity contribution in [2.24, 2.45) is 0 Å². The van der Waals surface area contributed by atoms with Crippen molar-refractivity contribution in [3.63, 3.8) is 0 Å². The van der Waals surface area contributed by atoms with Gasteiger partial charge in [-0.3, -0.25) is 4.79 Å². The summed E-state index contributed by atoms with van der Waals surface area (Å²) in [6.45, 7) is 0. The number of fused-ring (bicyclic) bond motifs is 3. The first-order valence-corrected chi connectivity index (χ1v) is 7.39. The maximum absolute atomic E-state index is 11.4. The summed E-state index contributed by atoms with van der Waals surface area (Å²) in [5.74, 6) is -0.133. The van der Waals surface area contributed by atoms with Gasteiger partial charge in [0.25, 0.3) is 0 Å². The Morgan fingerprint density at radius 1 is 1.15 bits per heavy atom. The largest absolute Gasteiger partial charge is 0.469 e. The Hall–Kier alpha value is -1.83. The van der Waals surface area contributed by atoms with Gasteiger partial charge in [0, 0.05) is 6.42 Å². The fourth-order valence-electron chi connectivity index (χ4n) is 3.26. The molecule has 1 aliphatic carbocycles. The molecule has 2 nitrogen and oxygen atoms in total. The second-order valence-electron chi connectivity index (χ2n) is 5.50. The zero-order chi connectivity index (χ0) is 13.9. The third kappa shape index (κ3) is 2.43. The van der Waals surface area contributed by atoms with Crippen LogP contribution in [0.2, 0.25) is 0 Å². The number of aryl methyl sites for hydroxylation is 3. The number of esters is 1. The van der Waals surface area contributed by atoms with Crippen molar-refractivity contribution >= 4 is 16.7 Å². The molecule has 0 saturated carbocycles. The molecule has 0 fully saturated rings. The number of ether oxygens (including phenoxy) is 1. The SMILES string of the molecule is COC(=O)CCc1cc2c(c3ccccc13)CCCC2. The van der Waals surface area contributed by atoms with Crippen LogP contribution in [-0.2, 0) is 28.8 Å². The van der Waals surface area contributed by atoms with Crippen LogP contribution in [0.4, 0.5) is 0 Å². The summed E-state index contributed by atoms with van der Waals surface area (Å²) in [6, 6.07) is 10.9. The molecule has 0 aliphatic heterocycles. The van der Waals surface area contributed by atoms with Gasteiger partial charge in [-0.25, -0.2) is 0 Å². The van der Waals surface area contributed by atoms with Crippen molar-refractivity contribution in [1.29, 1.82) is 0 Å². The first-order chi connectivity index (χ1) is 9.79. The van der Waals surface area contributed by atoms with E-state index in [1.54, 1.807) is 0 Å². The van der Waals surface area contributed by atoms with Crippen LogP contribution in [0.3, 0.4) is 0 Å². The second-order valence-corrected chi connectivity index (χ2v) is 5.50. The third-order valence-corrected chi connectivity index (χ3v) is 4.28. The number of hydrogen-bond donors (Lipinski definition) is 0. The van der Waals surface area contributed by atoms with Gasteiger partial charge in [-0.15, -0.1) is 0 Å². The average Bonchev–Trinajstić information content (AvgIpc) is 2.52. The van der Waals surface area contributed by atoms with Crippen LogP contribution >= 0.6 is 0 Å². The first kappa shape index (κ1) is 13.2. The van der Waals surface area contributed by atoms with Crippen LogP contribution in [0.15, 0.2) is 30.3 Å². The van der Waals surface area contributed by atoms with Crippen molar-refractivity contribution in [3.8, 4) is 0 Å². The number of hydrogen-bond acceptors (Lipinski definition) is 2. The molecule has 1 aliphatic rings. The first-order valence-electron chi connectivity index (χ1n) is 7.39. The lowest BCUT2D eigenvalue weighted by Crippen LogP contribution is -2.07. The second kappa shape index (κ2) is 5.66. The van der Waals surface area contributed by atoms with Crippen LogP contribution in [-0.4, -0.2) is 13.1 Å². The van der Waals surface area contributed by atoms with Crippen LogP contribution in [0.5, 0.6) is 0 Å². The van der Waals surface area contributed by atoms with Gasteiger partial charge < -0.3 is 4.74 Å². The standard InChI is InChI=1S/C18H20O2/c1-20-18(19)11-10-14-12-13-6-2-3-7-15(13)17-9-5-4-8-16(14)17/h4-5,8-9,12H,2-3,6-7,10-11H2,1H3. The molecule has 0 heterocycles. The van der Waals surface area contributed by atoms with Gasteiger partial charge in [0.1, 0.15) is 0 Å². The molecular formula is C18H20O2. The molecule has 2 aromatic carbocycles. The lowest BCUT2D eigenvalue weighted by Gasteiger charge is -2.20. The molecule has 0 amide bonds. The maximum atomic E-state index is 11.4. The van der Waals surface area contributed by atoms with Gasteiger partial charge in [-0.2, -0.15) is 0 Å². The van der Waals surface area contributed by atoms with Crippen molar-refractivity contribution in [2.75, 3.05) is 7.11 Å². The molecule has 3 rings (SSSR count). The highest BCUT2D eigenvalue weighted by atomic mass is 16.5. The molecule has 0 radical (unpaired) electrons. The number of carbonyl (C=O) groups excluding carboxylic acids is 1. The monoisotopic (exact) mass is 268 g/mol. The van der Waals surface area contributed by atoms with Gasteiger partial charge in [0.2, 0.25) is 0 Å². The molecule has 0 atom stereocenters. The number of methoxy groups -OCH3 is 1. The molecule has 2 heteroatoms. The van der Waals surface area contributed by atoms with Crippen LogP contribution < -0.4 is 0 Å². The topological polar surface area (TPSA) is 26.3 Å². The molecule has 20 heavy (non-hydrogen) atoms. The van der Waals surface area contributed by atoms with E-state index in [4.69, 9.17) is 4.74 Å². The Kier molecular flexibility index (Phi) is 3.72. The van der Waals surface area contributed by atoms with E-state index in [9.17, 15) is 4.79 Å². The van der Waals surface area contributed by atoms with Gasteiger partial charge >= 0.3 is 5.97 Å². The Balaban J connectivity index is 2.05. The summed E-state index contributed by atoms with van der Waals surface area (Å²) in [6.07, 6.45) is 6.15. The fraction of sp³-hybridized carbons (Fsp3) is 0.389. The summed E-state index contributed by atoms with van der Waals surface area (Å²) < 4.78 is 4.76. The molecule has 104 valence electrons. The Morgan fingerprint density at radius 3 is 2.70 bits per heavy atom. The van der Waals surface area contributed by atoms with Crippen LogP contribution in [0, 0.1) is 0 Å². The molecule has 2 aromatic rings. The molecule has 0 saturated heterocycles. The van der Waals surface area contributed by atoms with E-state index in [0.717, 1.165) is 6.42 Å². The quantitative estimate of drug-likeness (QED) is 0.791. The fourth-order valence-corrected chi connectivity index (χ4v) is 3.26. The van der Waals surface area contributed by atoms with E-state index in [2.05, 4.69) is 30.3 Å². The van der Waals surface area contributed by atoms with E-state index in [-0.39, 0.29) is 5.97 Å². The highest BCUT2D eigenvalue weighted by molar-refractivity contribution is 5.90. The molecule has 0 unspecified atom stereocenters. The Labute approximate surface area is 119 Å². The summed E-state index contributed by atoms with van der Waals surface area (Å²) >= 11 is 0. The van der Waals surface area contributed by atoms with Gasteiger partial charge in [-0.1, -0.05) is 30.3 Å². The zero-order valence-electron chi connectivity index (χ0n) is 11.9. The molecule has 0 bridgehead atoms. The summed E-state index contributed by atoms with van der Waals surface area (Å²) in [5, 5.41) is 2.68. The predicted octanol–water partition coefficient (Wildman–Crippen LogP) is 3.82. The van der Waals surface area contributed by atoms with Gasteiger partial charge in [0.05, 0.1) is 7.11 Å². The number of carbonyl (C=O) groups is 1. The molecule has 0 aromatic heterocycles. The summed E-state index contributed by atoms with van der Waals surface area (Å²) in [7, 11) is 1.45. The van der Waals surface area contributed by atoms with E-state index in [1.165, 1.54) is 60.3 Å². The smallest absolute Gasteiger partial charge is 0.305 e. The van der Waals surface area contributed by atoms with Crippen molar-refractivity contribution in [3.05, 3.63) is 47.0 Å². The predicted molar refractivity (Wildman–Crippen MR) is 80.9 cm³/mol. The summed E-state index contributed by atoms with van der Waals surface area (Å²) in [4.78, 5) is 11.4. The molecule has 0 spiro atoms. The maximum Gasteiger partial charge on any atom is 0.305 e. The minimum Gasteiger partial charge on any atom is -0.469 e. The van der Waals surface area contributed by atoms with E-state index < -0.39 is 0 Å². The number of benzene rings is 2. The molecule has 0 N–H and O–H groups in total. The summed E-state index contributed by atoms with van der Waals surface area (Å²) in [5.41, 5.74) is 4.29. The van der Waals surface area contributed by atoms with E-state index >= 15 is 0 Å². The van der Waals surface area contributed by atoms with Crippen LogP contribution in [0.25, 0.3) is 10.8 Å². The third-order valence-electron chi connectivity index (χ3n) is 4.28. The Bertz CT molecular complexity index is 643. The number of rotatable bonds is 3. The minimum atomic E-state index is -0.133. The van der Waals surface area contributed by atoms with Crippen molar-refractivity contribution < 1.29 is 9.53 Å². The lowest BCUT2D eigenvalue weighted by molar-refractivity contribution is -0.140. The average molecular weight is 268 g/mol. The highest BCUT2D eigenvalue weighted by Crippen LogP contribution is 2.32. The minimum absolute atomic E-state index is 0.133. The van der Waals surface area contributed by atoms with Crippen molar-refractivity contribution in [1.82, 2.24) is 0 Å². The van der Waals surface area contributed by atoms with E-state index in [1.807, 2.05) is 0 Å². The Morgan fingerprint density at radius 2 is 1.90 bits per heavy atom.